The fourth-order valence-corrected chi connectivity index (χ4v) is 1.28. The minimum absolute atomic E-state index is 0.391. The molecule has 0 aromatic carbocycles. The predicted octanol–water partition coefficient (Wildman–Crippen LogP) is 2.15. The molecule has 3 nitrogen and oxygen atoms in total. The molecule has 0 bridgehead atoms. The molecular weight excluding hydrogens is 176 g/mol. The summed E-state index contributed by atoms with van der Waals surface area (Å²) in [7, 11) is 0. The van der Waals surface area contributed by atoms with Crippen LogP contribution in [0.4, 0.5) is 0 Å². The van der Waals surface area contributed by atoms with Crippen LogP contribution in [0.15, 0.2) is 0 Å². The zero-order valence-corrected chi connectivity index (χ0v) is 8.14. The Morgan fingerprint density at radius 2 is 2.00 bits per heavy atom. The van der Waals surface area contributed by atoms with Gasteiger partial charge in [-0.15, -0.1) is 0 Å². The molecule has 0 unspecified atom stereocenters. The van der Waals surface area contributed by atoms with Crippen molar-refractivity contribution in [1.29, 1.82) is 0 Å². The Kier molecular flexibility index (Phi) is 2.87. The van der Waals surface area contributed by atoms with Gasteiger partial charge in [0.05, 0.1) is 12.3 Å². The van der Waals surface area contributed by atoms with E-state index in [-0.39, 0.29) is 0 Å². The number of hydrogen-bond acceptors (Lipinski definition) is 3. The Hall–Kier alpha value is -0.830. The molecule has 0 amide bonds. The summed E-state index contributed by atoms with van der Waals surface area (Å²) >= 11 is 5.84. The number of hydrogen-bond donors (Lipinski definition) is 0. The summed E-state index contributed by atoms with van der Waals surface area (Å²) < 4.78 is 5.27. The lowest BCUT2D eigenvalue weighted by Crippen LogP contribution is -2.00. The second-order valence-corrected chi connectivity index (χ2v) is 2.77. The quantitative estimate of drug-likeness (QED) is 0.664. The third-order valence-electron chi connectivity index (χ3n) is 1.39. The Labute approximate surface area is 76.7 Å². The van der Waals surface area contributed by atoms with Crippen LogP contribution in [0.3, 0.4) is 0 Å². The molecule has 0 radical (unpaired) electrons. The standard InChI is InChI=1S/C8H11ClN2O/c1-4-12-7-5(2)10-6(3)11-8(7)9/h4H2,1-3H3. The van der Waals surface area contributed by atoms with Gasteiger partial charge in [0.15, 0.2) is 10.9 Å². The zero-order valence-electron chi connectivity index (χ0n) is 7.39. The van der Waals surface area contributed by atoms with Crippen molar-refractivity contribution in [3.05, 3.63) is 16.7 Å². The zero-order chi connectivity index (χ0) is 9.14. The van der Waals surface area contributed by atoms with Crippen molar-refractivity contribution in [1.82, 2.24) is 9.97 Å². The predicted molar refractivity (Wildman–Crippen MR) is 47.7 cm³/mol. The summed E-state index contributed by atoms with van der Waals surface area (Å²) in [5, 5.41) is 0.391. The van der Waals surface area contributed by atoms with Crippen molar-refractivity contribution in [2.75, 3.05) is 6.61 Å². The van der Waals surface area contributed by atoms with Crippen LogP contribution in [-0.2, 0) is 0 Å². The molecule has 0 aliphatic carbocycles. The summed E-state index contributed by atoms with van der Waals surface area (Å²) in [6.45, 7) is 6.13. The minimum Gasteiger partial charge on any atom is -0.489 e. The van der Waals surface area contributed by atoms with Gasteiger partial charge in [0.25, 0.3) is 0 Å². The van der Waals surface area contributed by atoms with Crippen LogP contribution in [0.2, 0.25) is 5.15 Å². The molecule has 0 fully saturated rings. The highest BCUT2D eigenvalue weighted by molar-refractivity contribution is 6.30. The van der Waals surface area contributed by atoms with Crippen LogP contribution in [0, 0.1) is 13.8 Å². The number of halogens is 1. The van der Waals surface area contributed by atoms with E-state index in [0.717, 1.165) is 5.69 Å². The van der Waals surface area contributed by atoms with E-state index < -0.39 is 0 Å². The first-order chi connectivity index (χ1) is 5.65. The van der Waals surface area contributed by atoms with Gasteiger partial charge in [-0.25, -0.2) is 9.97 Å². The number of aromatic nitrogens is 2. The molecule has 0 N–H and O–H groups in total. The van der Waals surface area contributed by atoms with Crippen LogP contribution in [0.25, 0.3) is 0 Å². The van der Waals surface area contributed by atoms with E-state index in [4.69, 9.17) is 16.3 Å². The van der Waals surface area contributed by atoms with Crippen molar-refractivity contribution in [2.45, 2.75) is 20.8 Å². The maximum absolute atomic E-state index is 5.84. The van der Waals surface area contributed by atoms with Crippen LogP contribution in [0.1, 0.15) is 18.4 Å². The lowest BCUT2D eigenvalue weighted by Gasteiger charge is -2.07. The smallest absolute Gasteiger partial charge is 0.177 e. The second kappa shape index (κ2) is 3.72. The van der Waals surface area contributed by atoms with Crippen LogP contribution >= 0.6 is 11.6 Å². The normalized spacial score (nSPS) is 10.0. The molecule has 0 spiro atoms. The highest BCUT2D eigenvalue weighted by Gasteiger charge is 2.07. The lowest BCUT2D eigenvalue weighted by molar-refractivity contribution is 0.334. The first-order valence-electron chi connectivity index (χ1n) is 3.78. The molecule has 66 valence electrons. The maximum atomic E-state index is 5.84. The summed E-state index contributed by atoms with van der Waals surface area (Å²) in [5.41, 5.74) is 0.786. The van der Waals surface area contributed by atoms with Crippen LogP contribution < -0.4 is 4.74 Å². The molecular formula is C8H11ClN2O. The maximum Gasteiger partial charge on any atom is 0.177 e. The summed E-state index contributed by atoms with van der Waals surface area (Å²) in [6, 6.07) is 0. The van der Waals surface area contributed by atoms with E-state index in [0.29, 0.717) is 23.3 Å². The fraction of sp³-hybridized carbons (Fsp3) is 0.500. The molecule has 0 saturated heterocycles. The molecule has 0 aliphatic heterocycles. The van der Waals surface area contributed by atoms with E-state index in [1.54, 1.807) is 6.92 Å². The van der Waals surface area contributed by atoms with Gasteiger partial charge >= 0.3 is 0 Å². The molecule has 1 aromatic heterocycles. The molecule has 1 rings (SSSR count). The largest absolute Gasteiger partial charge is 0.489 e. The molecule has 0 aliphatic rings. The van der Waals surface area contributed by atoms with Crippen molar-refractivity contribution in [3.8, 4) is 5.75 Å². The third-order valence-corrected chi connectivity index (χ3v) is 1.65. The number of ether oxygens (including phenoxy) is 1. The second-order valence-electron chi connectivity index (χ2n) is 2.41. The van der Waals surface area contributed by atoms with Gasteiger partial charge in [-0.3, -0.25) is 0 Å². The molecule has 12 heavy (non-hydrogen) atoms. The average molecular weight is 187 g/mol. The number of rotatable bonds is 2. The average Bonchev–Trinajstić information content (AvgIpc) is 1.96. The summed E-state index contributed by atoms with van der Waals surface area (Å²) in [6.07, 6.45) is 0. The van der Waals surface area contributed by atoms with E-state index in [1.807, 2.05) is 13.8 Å². The van der Waals surface area contributed by atoms with Gasteiger partial charge in [0.1, 0.15) is 5.82 Å². The highest BCUT2D eigenvalue weighted by Crippen LogP contribution is 2.24. The molecule has 4 heteroatoms. The van der Waals surface area contributed by atoms with Crippen molar-refractivity contribution in [2.24, 2.45) is 0 Å². The van der Waals surface area contributed by atoms with Gasteiger partial charge in [-0.05, 0) is 20.8 Å². The monoisotopic (exact) mass is 186 g/mol. The van der Waals surface area contributed by atoms with Gasteiger partial charge in [0.2, 0.25) is 0 Å². The van der Waals surface area contributed by atoms with Gasteiger partial charge < -0.3 is 4.74 Å². The Morgan fingerprint density at radius 3 is 2.50 bits per heavy atom. The van der Waals surface area contributed by atoms with Crippen molar-refractivity contribution < 1.29 is 4.74 Å². The van der Waals surface area contributed by atoms with Crippen LogP contribution in [-0.4, -0.2) is 16.6 Å². The Morgan fingerprint density at radius 1 is 1.33 bits per heavy atom. The first-order valence-corrected chi connectivity index (χ1v) is 4.16. The fourth-order valence-electron chi connectivity index (χ4n) is 0.969. The SMILES string of the molecule is CCOc1c(C)nc(C)nc1Cl. The number of aryl methyl sites for hydroxylation is 2. The first kappa shape index (κ1) is 9.26. The Balaban J connectivity index is 3.10. The summed E-state index contributed by atoms with van der Waals surface area (Å²) in [5.74, 6) is 1.26. The Bertz CT molecular complexity index is 265. The van der Waals surface area contributed by atoms with Crippen LogP contribution in [0.5, 0.6) is 5.75 Å². The molecule has 1 heterocycles. The third kappa shape index (κ3) is 1.85. The minimum atomic E-state index is 0.391. The van der Waals surface area contributed by atoms with Crippen molar-refractivity contribution >= 4 is 11.6 Å². The van der Waals surface area contributed by atoms with Crippen molar-refractivity contribution in [3.63, 3.8) is 0 Å². The molecule has 0 saturated carbocycles. The van der Waals surface area contributed by atoms with Gasteiger partial charge in [0, 0.05) is 0 Å². The van der Waals surface area contributed by atoms with Gasteiger partial charge in [-0.2, -0.15) is 0 Å². The lowest BCUT2D eigenvalue weighted by atomic mass is 10.4. The molecule has 0 atom stereocenters. The van der Waals surface area contributed by atoms with E-state index in [9.17, 15) is 0 Å². The van der Waals surface area contributed by atoms with E-state index in [1.165, 1.54) is 0 Å². The highest BCUT2D eigenvalue weighted by atomic mass is 35.5. The summed E-state index contributed by atoms with van der Waals surface area (Å²) in [4.78, 5) is 8.11. The molecule has 1 aromatic rings. The van der Waals surface area contributed by atoms with E-state index in [2.05, 4.69) is 9.97 Å². The van der Waals surface area contributed by atoms with E-state index >= 15 is 0 Å². The topological polar surface area (TPSA) is 35.0 Å². The number of nitrogens with zero attached hydrogens (tertiary/aromatic N) is 2. The van der Waals surface area contributed by atoms with Gasteiger partial charge in [-0.1, -0.05) is 11.6 Å².